The van der Waals surface area contributed by atoms with Crippen molar-refractivity contribution in [3.8, 4) is 11.1 Å². The number of hydrogen-bond acceptors (Lipinski definition) is 8. The first-order valence-corrected chi connectivity index (χ1v) is 18.6. The van der Waals surface area contributed by atoms with Crippen molar-refractivity contribution in [1.29, 1.82) is 0 Å². The Balaban J connectivity index is 1.37. The van der Waals surface area contributed by atoms with Crippen LogP contribution in [0, 0.1) is 0 Å². The molecule has 11 nitrogen and oxygen atoms in total. The van der Waals surface area contributed by atoms with E-state index in [0.717, 1.165) is 43.2 Å². The van der Waals surface area contributed by atoms with E-state index in [2.05, 4.69) is 10.4 Å². The van der Waals surface area contributed by atoms with Crippen LogP contribution in [0.5, 0.6) is 0 Å². The van der Waals surface area contributed by atoms with Gasteiger partial charge in [-0.15, -0.1) is 0 Å². The van der Waals surface area contributed by atoms with Gasteiger partial charge in [0.25, 0.3) is 0 Å². The van der Waals surface area contributed by atoms with Gasteiger partial charge in [0, 0.05) is 23.6 Å². The Bertz CT molecular complexity index is 1430. The summed E-state index contributed by atoms with van der Waals surface area (Å²) in [5.41, 5.74) is 2.66. The lowest BCUT2D eigenvalue weighted by Gasteiger charge is -2.44. The van der Waals surface area contributed by atoms with Crippen LogP contribution >= 0.6 is 0 Å². The summed E-state index contributed by atoms with van der Waals surface area (Å²) in [6.07, 6.45) is 18.6. The van der Waals surface area contributed by atoms with Crippen LogP contribution < -0.4 is 15.1 Å². The number of rotatable bonds is 5. The van der Waals surface area contributed by atoms with Gasteiger partial charge in [-0.3, -0.25) is 19.8 Å². The van der Waals surface area contributed by atoms with Gasteiger partial charge in [-0.2, -0.15) is 5.10 Å². The average molecular weight is 644 g/mol. The molecule has 2 fully saturated rings. The molecule has 2 aliphatic heterocycles. The van der Waals surface area contributed by atoms with E-state index in [-0.39, 0.29) is 36.7 Å². The Morgan fingerprint density at radius 1 is 0.956 bits per heavy atom. The number of nitrogens with one attached hydrogen (secondary N) is 1. The summed E-state index contributed by atoms with van der Waals surface area (Å²) < 4.78 is 36.2. The molecule has 1 aliphatic carbocycles. The monoisotopic (exact) mass is 643 g/mol. The highest BCUT2D eigenvalue weighted by Gasteiger charge is 2.40. The van der Waals surface area contributed by atoms with Crippen molar-refractivity contribution in [3.05, 3.63) is 30.6 Å². The number of ether oxygens (including phenoxy) is 2. The topological polar surface area (TPSA) is 123 Å². The van der Waals surface area contributed by atoms with Crippen molar-refractivity contribution >= 4 is 33.4 Å². The summed E-state index contributed by atoms with van der Waals surface area (Å²) in [5.74, 6) is -0.0135. The van der Waals surface area contributed by atoms with E-state index >= 15 is 0 Å². The standard InChI is InChI=1S/C33H49N5O6S/c1-25-23-37(31(39)44-30-13-12-18-33(35-30)16-10-8-6-4-5-7-9-11-17-33)29-21-26(14-15-28(29)38(25)32(40)43-2)27-22-34-36(24-27)19-20-45(3,41)42/h14-15,21-22,24-25,30,35H,4-13,16-20,23H2,1-3H3/t25-,30?/m0/s1. The highest BCUT2D eigenvalue weighted by atomic mass is 32.2. The molecule has 1 N–H and O–H groups in total. The molecule has 2 aromatic rings. The molecule has 1 aromatic carbocycles. The fraction of sp³-hybridized carbons (Fsp3) is 0.667. The molecule has 2 atom stereocenters. The van der Waals surface area contributed by atoms with Gasteiger partial charge in [0.05, 0.1) is 49.6 Å². The number of aryl methyl sites for hydroxylation is 1. The van der Waals surface area contributed by atoms with Crippen LogP contribution in [0.3, 0.4) is 0 Å². The molecule has 0 radical (unpaired) electrons. The normalized spacial score (nSPS) is 22.7. The first-order valence-electron chi connectivity index (χ1n) is 16.6. The van der Waals surface area contributed by atoms with Gasteiger partial charge < -0.3 is 9.47 Å². The van der Waals surface area contributed by atoms with Crippen molar-refractivity contribution < 1.29 is 27.5 Å². The Kier molecular flexibility index (Phi) is 10.7. The van der Waals surface area contributed by atoms with E-state index in [1.54, 1.807) is 26.9 Å². The number of carbonyl (C=O) groups excluding carboxylic acids is 2. The van der Waals surface area contributed by atoms with Gasteiger partial charge in [-0.25, -0.2) is 18.0 Å². The summed E-state index contributed by atoms with van der Waals surface area (Å²) in [7, 11) is -1.78. The second-order valence-electron chi connectivity index (χ2n) is 13.1. The first kappa shape index (κ1) is 33.2. The number of piperidine rings is 1. The Morgan fingerprint density at radius 2 is 1.62 bits per heavy atom. The van der Waals surface area contributed by atoms with Crippen LogP contribution in [-0.2, 0) is 25.9 Å². The number of fused-ring (bicyclic) bond motifs is 1. The maximum Gasteiger partial charge on any atom is 0.416 e. The van der Waals surface area contributed by atoms with Gasteiger partial charge in [-0.05, 0) is 56.7 Å². The van der Waals surface area contributed by atoms with Gasteiger partial charge in [0.2, 0.25) is 0 Å². The highest BCUT2D eigenvalue weighted by Crippen LogP contribution is 2.40. The zero-order valence-electron chi connectivity index (χ0n) is 27.0. The van der Waals surface area contributed by atoms with E-state index in [1.807, 2.05) is 25.1 Å². The molecule has 1 saturated heterocycles. The molecule has 1 aromatic heterocycles. The fourth-order valence-electron chi connectivity index (χ4n) is 7.14. The van der Waals surface area contributed by atoms with Crippen molar-refractivity contribution in [3.63, 3.8) is 0 Å². The zero-order chi connectivity index (χ0) is 32.0. The minimum Gasteiger partial charge on any atom is -0.452 e. The number of nitrogens with zero attached hydrogens (tertiary/aromatic N) is 4. The quantitative estimate of drug-likeness (QED) is 0.405. The van der Waals surface area contributed by atoms with Crippen LogP contribution in [0.1, 0.15) is 90.4 Å². The maximum absolute atomic E-state index is 13.9. The lowest BCUT2D eigenvalue weighted by Crippen LogP contribution is -2.57. The molecule has 1 saturated carbocycles. The molecule has 1 spiro atoms. The molecule has 5 rings (SSSR count). The molecule has 1 unspecified atom stereocenters. The molecule has 3 aliphatic rings. The number of amides is 2. The lowest BCUT2D eigenvalue weighted by molar-refractivity contribution is 0.0185. The lowest BCUT2D eigenvalue weighted by atomic mass is 9.79. The van der Waals surface area contributed by atoms with Gasteiger partial charge in [0.1, 0.15) is 9.84 Å². The van der Waals surface area contributed by atoms with Crippen LogP contribution in [0.4, 0.5) is 21.0 Å². The molecule has 2 amide bonds. The third-order valence-corrected chi connectivity index (χ3v) is 10.5. The van der Waals surface area contributed by atoms with Crippen molar-refractivity contribution in [2.24, 2.45) is 0 Å². The predicted molar refractivity (Wildman–Crippen MR) is 175 cm³/mol. The maximum atomic E-state index is 13.9. The van der Waals surface area contributed by atoms with E-state index in [9.17, 15) is 18.0 Å². The Hall–Kier alpha value is -3.12. The molecular weight excluding hydrogens is 594 g/mol. The molecule has 45 heavy (non-hydrogen) atoms. The minimum absolute atomic E-state index is 0.00670. The number of sulfone groups is 1. The smallest absolute Gasteiger partial charge is 0.416 e. The highest BCUT2D eigenvalue weighted by molar-refractivity contribution is 7.90. The van der Waals surface area contributed by atoms with Crippen LogP contribution in [0.15, 0.2) is 30.6 Å². The number of anilines is 2. The molecule has 0 bridgehead atoms. The summed E-state index contributed by atoms with van der Waals surface area (Å²) in [6.45, 7) is 2.37. The van der Waals surface area contributed by atoms with E-state index in [0.29, 0.717) is 11.4 Å². The summed E-state index contributed by atoms with van der Waals surface area (Å²) in [6, 6.07) is 5.19. The van der Waals surface area contributed by atoms with Gasteiger partial charge >= 0.3 is 12.2 Å². The SMILES string of the molecule is COC(=O)N1c2ccc(-c3cnn(CCS(C)(=O)=O)c3)cc2N(C(=O)OC2CCCC3(CCCCCCCCCC3)N2)C[C@@H]1C. The second-order valence-corrected chi connectivity index (χ2v) is 15.4. The summed E-state index contributed by atoms with van der Waals surface area (Å²) in [5, 5.41) is 8.13. The van der Waals surface area contributed by atoms with Gasteiger partial charge in [0.15, 0.2) is 6.23 Å². The molecule has 3 heterocycles. The summed E-state index contributed by atoms with van der Waals surface area (Å²) >= 11 is 0. The molecule has 12 heteroatoms. The van der Waals surface area contributed by atoms with Crippen LogP contribution in [-0.4, -0.2) is 73.9 Å². The van der Waals surface area contributed by atoms with E-state index in [4.69, 9.17) is 9.47 Å². The minimum atomic E-state index is -3.13. The second kappa shape index (κ2) is 14.5. The third kappa shape index (κ3) is 8.38. The van der Waals surface area contributed by atoms with Crippen LogP contribution in [0.25, 0.3) is 11.1 Å². The van der Waals surface area contributed by atoms with E-state index in [1.165, 1.54) is 64.7 Å². The largest absolute Gasteiger partial charge is 0.452 e. The van der Waals surface area contributed by atoms with Crippen LogP contribution in [0.2, 0.25) is 0 Å². The van der Waals surface area contributed by atoms with Crippen molar-refractivity contribution in [2.75, 3.05) is 35.5 Å². The summed E-state index contributed by atoms with van der Waals surface area (Å²) in [4.78, 5) is 30.0. The average Bonchev–Trinajstić information content (AvgIpc) is 3.47. The van der Waals surface area contributed by atoms with Crippen molar-refractivity contribution in [2.45, 2.75) is 115 Å². The number of aromatic nitrogens is 2. The van der Waals surface area contributed by atoms with Crippen molar-refractivity contribution in [1.82, 2.24) is 15.1 Å². The Labute approximate surface area is 267 Å². The van der Waals surface area contributed by atoms with Gasteiger partial charge in [-0.1, -0.05) is 57.4 Å². The first-order chi connectivity index (χ1) is 21.6. The molecule has 248 valence electrons. The predicted octanol–water partition coefficient (Wildman–Crippen LogP) is 6.27. The number of benzene rings is 1. The zero-order valence-corrected chi connectivity index (χ0v) is 27.8. The fourth-order valence-corrected chi connectivity index (χ4v) is 7.66. The number of carbonyl (C=O) groups is 2. The Morgan fingerprint density at radius 3 is 2.29 bits per heavy atom. The van der Waals surface area contributed by atoms with E-state index < -0.39 is 22.0 Å². The number of hydrogen-bond donors (Lipinski definition) is 1. The third-order valence-electron chi connectivity index (χ3n) is 9.56. The molecular formula is C33H49N5O6S. The number of methoxy groups -OCH3 is 1.